The lowest BCUT2D eigenvalue weighted by Crippen LogP contribution is -2.77. The highest BCUT2D eigenvalue weighted by Gasteiger charge is 2.76. The van der Waals surface area contributed by atoms with Gasteiger partial charge in [-0.05, 0) is 158 Å². The fourth-order valence-corrected chi connectivity index (χ4v) is 9.18. The molecule has 3 heterocycles. The summed E-state index contributed by atoms with van der Waals surface area (Å²) < 4.78 is 147. The molecule has 10 atom stereocenters. The van der Waals surface area contributed by atoms with E-state index < -0.39 is 161 Å². The monoisotopic (exact) mass is 1180 g/mol. The number of hydrogen-bond donors (Lipinski definition) is 2. The molecule has 25 heteroatoms. The Morgan fingerprint density at radius 3 is 1.24 bits per heavy atom. The maximum Gasteiger partial charge on any atom is 0.340 e. The number of hydrogen-bond acceptors (Lipinski definition) is 19. The number of methoxy groups -OCH3 is 1. The molecule has 0 spiro atoms. The third-order valence-corrected chi connectivity index (χ3v) is 13.4. The second-order valence-electron chi connectivity index (χ2n) is 18.7. The average Bonchev–Trinajstić information content (AvgIpc) is 0.763. The Labute approximate surface area is 477 Å². The van der Waals surface area contributed by atoms with Crippen LogP contribution in [0.4, 0.5) is 26.3 Å². The summed E-state index contributed by atoms with van der Waals surface area (Å²) in [5, 5.41) is 23.2. The summed E-state index contributed by atoms with van der Waals surface area (Å²) in [6.07, 6.45) is -17.0. The summed E-state index contributed by atoms with van der Waals surface area (Å²) in [6, 6.07) is 26.2. The topological polar surface area (TPSA) is 248 Å². The van der Waals surface area contributed by atoms with Crippen LogP contribution >= 0.6 is 0 Å². The van der Waals surface area contributed by atoms with Crippen molar-refractivity contribution in [2.24, 2.45) is 0 Å². The van der Waals surface area contributed by atoms with Gasteiger partial charge in [0, 0.05) is 13.3 Å². The van der Waals surface area contributed by atoms with E-state index in [-0.39, 0.29) is 22.3 Å². The summed E-state index contributed by atoms with van der Waals surface area (Å²) >= 11 is 0. The quantitative estimate of drug-likeness (QED) is 0.0365. The molecule has 0 aliphatic carbocycles. The van der Waals surface area contributed by atoms with E-state index in [1.165, 1.54) is 12.1 Å². The molecular weight excluding hydrogens is 1140 g/mol. The van der Waals surface area contributed by atoms with Gasteiger partial charge in [0.1, 0.15) is 47.1 Å². The number of nitrogens with zero attached hydrogens (tertiary/aromatic N) is 1. The zero-order valence-electron chi connectivity index (χ0n) is 43.8. The smallest absolute Gasteiger partial charge is 0.340 e. The normalized spacial score (nSPS) is 23.6. The standard InChI is InChI=1S/C60H45F6NO18/c1-76-60(85-56(74)37-15-27-43(66)28-16-37)50(83-54(72)35-11-23-41(64)24-12-35)44(30-68)79-58(59(60,46-4-2-3-29-67-46)84-55(73)36-13-25-42(65)26-14-36)77-31-45-47(80-51(69)32-5-17-38(61)18-6-32)48(81-52(70)33-7-19-39(62)20-8-33)49(57(75)78-45)82-53(71)34-9-21-40(63)22-10-34/h2-29,44-45,47-50,57-58,68,75H,30-31H2,1H3/t44-,45-,47-,48+,49-,50-,57-,58-,59+,60+/m1/s1. The van der Waals surface area contributed by atoms with Crippen LogP contribution in [0.2, 0.25) is 0 Å². The molecule has 2 aliphatic heterocycles. The van der Waals surface area contributed by atoms with Gasteiger partial charge in [0.25, 0.3) is 5.60 Å². The number of esters is 6. The number of aliphatic hydroxyl groups excluding tert-OH is 2. The number of aromatic nitrogens is 1. The molecule has 440 valence electrons. The average molecular weight is 1180 g/mol. The van der Waals surface area contributed by atoms with Crippen molar-refractivity contribution in [1.82, 2.24) is 4.98 Å². The number of benzene rings is 6. The van der Waals surface area contributed by atoms with E-state index >= 15 is 0 Å². The fourth-order valence-electron chi connectivity index (χ4n) is 9.18. The molecule has 0 amide bonds. The van der Waals surface area contributed by atoms with Gasteiger partial charge in [0.15, 0.2) is 24.6 Å². The number of carbonyl (C=O) groups is 6. The van der Waals surface area contributed by atoms with Gasteiger partial charge in [0.2, 0.25) is 12.4 Å². The van der Waals surface area contributed by atoms with Crippen molar-refractivity contribution in [1.29, 1.82) is 0 Å². The molecule has 2 fully saturated rings. The van der Waals surface area contributed by atoms with Crippen molar-refractivity contribution in [3.63, 3.8) is 0 Å². The lowest BCUT2D eigenvalue weighted by Gasteiger charge is -2.56. The Balaban J connectivity index is 1.22. The molecule has 19 nitrogen and oxygen atoms in total. The summed E-state index contributed by atoms with van der Waals surface area (Å²) in [7, 11) is 0.857. The summed E-state index contributed by atoms with van der Waals surface area (Å²) in [4.78, 5) is 90.4. The minimum absolute atomic E-state index is 0.320. The summed E-state index contributed by atoms with van der Waals surface area (Å²) in [5.74, 6) is -16.2. The highest BCUT2D eigenvalue weighted by atomic mass is 19.1. The van der Waals surface area contributed by atoms with Crippen LogP contribution in [0.3, 0.4) is 0 Å². The first-order valence-corrected chi connectivity index (χ1v) is 25.3. The van der Waals surface area contributed by atoms with Gasteiger partial charge in [-0.3, -0.25) is 4.98 Å². The Morgan fingerprint density at radius 2 is 0.847 bits per heavy atom. The van der Waals surface area contributed by atoms with Gasteiger partial charge in [0.05, 0.1) is 52.3 Å². The molecule has 2 aliphatic rings. The van der Waals surface area contributed by atoms with E-state index in [1.807, 2.05) is 0 Å². The van der Waals surface area contributed by atoms with Crippen LogP contribution in [0, 0.1) is 34.9 Å². The third kappa shape index (κ3) is 13.1. The van der Waals surface area contributed by atoms with Crippen LogP contribution in [0.1, 0.15) is 67.8 Å². The van der Waals surface area contributed by atoms with Gasteiger partial charge in [-0.2, -0.15) is 0 Å². The molecule has 1 aromatic heterocycles. The zero-order chi connectivity index (χ0) is 60.6. The van der Waals surface area contributed by atoms with Crippen LogP contribution < -0.4 is 0 Å². The minimum Gasteiger partial charge on any atom is -0.452 e. The number of carbonyl (C=O) groups excluding carboxylic acids is 6. The van der Waals surface area contributed by atoms with Crippen LogP contribution in [0.5, 0.6) is 0 Å². The highest BCUT2D eigenvalue weighted by Crippen LogP contribution is 2.53. The van der Waals surface area contributed by atoms with Crippen molar-refractivity contribution >= 4 is 35.8 Å². The number of aliphatic hydroxyl groups is 2. The van der Waals surface area contributed by atoms with Crippen molar-refractivity contribution < 1.29 is 113 Å². The molecule has 0 bridgehead atoms. The van der Waals surface area contributed by atoms with Crippen molar-refractivity contribution in [3.05, 3.63) is 244 Å². The number of pyridine rings is 1. The van der Waals surface area contributed by atoms with E-state index in [1.54, 1.807) is 0 Å². The molecule has 85 heavy (non-hydrogen) atoms. The second-order valence-corrected chi connectivity index (χ2v) is 18.7. The zero-order valence-corrected chi connectivity index (χ0v) is 43.8. The van der Waals surface area contributed by atoms with Gasteiger partial charge >= 0.3 is 41.6 Å². The first kappa shape index (κ1) is 60.2. The number of ether oxygens (including phenoxy) is 10. The first-order chi connectivity index (χ1) is 40.8. The predicted octanol–water partition coefficient (Wildman–Crippen LogP) is 7.52. The second kappa shape index (κ2) is 26.0. The van der Waals surface area contributed by atoms with Gasteiger partial charge < -0.3 is 57.6 Å². The van der Waals surface area contributed by atoms with Crippen LogP contribution in [0.25, 0.3) is 0 Å². The van der Waals surface area contributed by atoms with E-state index in [4.69, 9.17) is 47.4 Å². The first-order valence-electron chi connectivity index (χ1n) is 25.3. The molecule has 2 saturated heterocycles. The SMILES string of the molecule is CO[C@]1(OC(=O)c2ccc(F)cc2)[C@H](OC(=O)c2ccc(F)cc2)[C@@H](CO)O[C@@H](OC[C@H]2O[C@@H](O)[C@H](OC(=O)c3ccc(F)cc3)[C@@H](OC(=O)c3ccc(F)cc3)[C@@H]2OC(=O)c2ccc(F)cc2)[C@@]1(OC(=O)c1ccc(F)cc1)c1ccccn1. The predicted molar refractivity (Wildman–Crippen MR) is 274 cm³/mol. The fraction of sp³-hybridized carbons (Fsp3) is 0.217. The molecule has 0 saturated carbocycles. The maximum atomic E-state index is 14.9. The molecule has 6 aromatic carbocycles. The molecule has 0 radical (unpaired) electrons. The Hall–Kier alpha value is -9.37. The highest BCUT2D eigenvalue weighted by molar-refractivity contribution is 5.93. The summed E-state index contributed by atoms with van der Waals surface area (Å²) in [6.45, 7) is -2.44. The maximum absolute atomic E-state index is 14.9. The third-order valence-electron chi connectivity index (χ3n) is 13.4. The van der Waals surface area contributed by atoms with Crippen molar-refractivity contribution in [2.75, 3.05) is 20.3 Å². The molecule has 2 N–H and O–H groups in total. The molecule has 7 aromatic rings. The Kier molecular flexibility index (Phi) is 18.5. The lowest BCUT2D eigenvalue weighted by atomic mass is 9.78. The van der Waals surface area contributed by atoms with Gasteiger partial charge in [-0.1, -0.05) is 6.07 Å². The van der Waals surface area contributed by atoms with Crippen LogP contribution in [-0.2, 0) is 53.0 Å². The van der Waals surface area contributed by atoms with Gasteiger partial charge in [-0.25, -0.2) is 55.1 Å². The van der Waals surface area contributed by atoms with Crippen molar-refractivity contribution in [3.8, 4) is 0 Å². The molecular formula is C60H45F6NO18. The lowest BCUT2D eigenvalue weighted by molar-refractivity contribution is -0.436. The van der Waals surface area contributed by atoms with E-state index in [2.05, 4.69) is 4.98 Å². The summed E-state index contributed by atoms with van der Waals surface area (Å²) in [5.41, 5.74) is -6.05. The van der Waals surface area contributed by atoms with E-state index in [0.717, 1.165) is 165 Å². The number of halogens is 6. The molecule has 0 unspecified atom stereocenters. The van der Waals surface area contributed by atoms with Crippen LogP contribution in [0.15, 0.2) is 170 Å². The largest absolute Gasteiger partial charge is 0.452 e. The van der Waals surface area contributed by atoms with E-state index in [9.17, 15) is 65.3 Å². The number of rotatable bonds is 18. The Bertz CT molecular complexity index is 3520. The Morgan fingerprint density at radius 1 is 0.471 bits per heavy atom. The minimum atomic E-state index is -3.32. The van der Waals surface area contributed by atoms with Crippen molar-refractivity contribution in [2.45, 2.75) is 60.6 Å². The van der Waals surface area contributed by atoms with Crippen LogP contribution in [-0.4, -0.2) is 126 Å². The van der Waals surface area contributed by atoms with Gasteiger partial charge in [-0.15, -0.1) is 0 Å². The van der Waals surface area contributed by atoms with E-state index in [0.29, 0.717) is 0 Å². The molecule has 9 rings (SSSR count).